The lowest BCUT2D eigenvalue weighted by molar-refractivity contribution is 0.354. The fourth-order valence-electron chi connectivity index (χ4n) is 2.03. The molecule has 0 amide bonds. The van der Waals surface area contributed by atoms with Gasteiger partial charge in [0.25, 0.3) is 0 Å². The van der Waals surface area contributed by atoms with Crippen LogP contribution in [0, 0.1) is 0 Å². The second kappa shape index (κ2) is 6.88. The van der Waals surface area contributed by atoms with Crippen LogP contribution < -0.4 is 15.2 Å². The summed E-state index contributed by atoms with van der Waals surface area (Å²) < 4.78 is 11.4. The zero-order valence-corrected chi connectivity index (χ0v) is 14.6. The summed E-state index contributed by atoms with van der Waals surface area (Å²) in [6, 6.07) is 8.48. The van der Waals surface area contributed by atoms with Crippen LogP contribution in [0.15, 0.2) is 34.8 Å². The third-order valence-electron chi connectivity index (χ3n) is 3.13. The van der Waals surface area contributed by atoms with Gasteiger partial charge in [0.2, 0.25) is 0 Å². The van der Waals surface area contributed by atoms with Gasteiger partial charge in [-0.05, 0) is 35.4 Å². The van der Waals surface area contributed by atoms with E-state index in [0.717, 1.165) is 15.6 Å². The molecule has 0 aliphatic carbocycles. The number of hydrogen-bond donors (Lipinski definition) is 1. The number of hydrogen-bond acceptors (Lipinski definition) is 3. The molecule has 3 nitrogen and oxygen atoms in total. The minimum atomic E-state index is -0.439. The highest BCUT2D eigenvalue weighted by Gasteiger charge is 2.19. The first kappa shape index (κ1) is 16.4. The van der Waals surface area contributed by atoms with E-state index in [1.165, 1.54) is 0 Å². The Morgan fingerprint density at radius 1 is 1.00 bits per heavy atom. The van der Waals surface area contributed by atoms with Crippen LogP contribution in [-0.2, 0) is 0 Å². The maximum Gasteiger partial charge on any atom is 0.162 e. The van der Waals surface area contributed by atoms with E-state index in [2.05, 4.69) is 15.9 Å². The molecule has 0 spiro atoms. The van der Waals surface area contributed by atoms with Gasteiger partial charge in [0.1, 0.15) is 0 Å². The van der Waals surface area contributed by atoms with Crippen molar-refractivity contribution >= 4 is 39.1 Å². The third kappa shape index (κ3) is 3.46. The summed E-state index contributed by atoms with van der Waals surface area (Å²) in [4.78, 5) is 0. The summed E-state index contributed by atoms with van der Waals surface area (Å²) in [5, 5.41) is 1.12. The van der Waals surface area contributed by atoms with Crippen LogP contribution in [0.5, 0.6) is 11.5 Å². The zero-order chi connectivity index (χ0) is 15.6. The molecule has 2 aromatic carbocycles. The Kier molecular flexibility index (Phi) is 5.38. The average Bonchev–Trinajstić information content (AvgIpc) is 2.48. The topological polar surface area (TPSA) is 44.5 Å². The molecule has 21 heavy (non-hydrogen) atoms. The Morgan fingerprint density at radius 3 is 2.24 bits per heavy atom. The normalized spacial score (nSPS) is 12.1. The van der Waals surface area contributed by atoms with Gasteiger partial charge in [-0.2, -0.15) is 0 Å². The summed E-state index contributed by atoms with van der Waals surface area (Å²) in [5.41, 5.74) is 7.91. The van der Waals surface area contributed by atoms with Crippen molar-refractivity contribution in [2.45, 2.75) is 6.04 Å². The molecule has 0 radical (unpaired) electrons. The van der Waals surface area contributed by atoms with E-state index in [0.29, 0.717) is 21.5 Å². The minimum absolute atomic E-state index is 0.439. The van der Waals surface area contributed by atoms with Gasteiger partial charge in [-0.25, -0.2) is 0 Å². The number of ether oxygens (including phenoxy) is 2. The molecular weight excluding hydrogens is 377 g/mol. The Hall–Kier alpha value is -0.940. The minimum Gasteiger partial charge on any atom is -0.493 e. The highest BCUT2D eigenvalue weighted by Crippen LogP contribution is 2.38. The molecule has 0 fully saturated rings. The number of benzene rings is 2. The Morgan fingerprint density at radius 2 is 1.62 bits per heavy atom. The monoisotopic (exact) mass is 389 g/mol. The smallest absolute Gasteiger partial charge is 0.162 e. The van der Waals surface area contributed by atoms with Gasteiger partial charge < -0.3 is 15.2 Å². The summed E-state index contributed by atoms with van der Waals surface area (Å²) in [6.45, 7) is 0. The van der Waals surface area contributed by atoms with Crippen molar-refractivity contribution in [3.05, 3.63) is 56.0 Å². The molecule has 0 aromatic heterocycles. The van der Waals surface area contributed by atoms with E-state index in [1.54, 1.807) is 32.4 Å². The van der Waals surface area contributed by atoms with Gasteiger partial charge in [0, 0.05) is 20.6 Å². The van der Waals surface area contributed by atoms with Gasteiger partial charge in [-0.15, -0.1) is 0 Å². The van der Waals surface area contributed by atoms with Crippen LogP contribution in [0.1, 0.15) is 17.2 Å². The van der Waals surface area contributed by atoms with Gasteiger partial charge in [0.05, 0.1) is 20.3 Å². The van der Waals surface area contributed by atoms with Gasteiger partial charge in [-0.3, -0.25) is 0 Å². The molecule has 0 aliphatic heterocycles. The van der Waals surface area contributed by atoms with Crippen molar-refractivity contribution in [1.82, 2.24) is 0 Å². The van der Waals surface area contributed by atoms with Crippen LogP contribution in [0.4, 0.5) is 0 Å². The summed E-state index contributed by atoms with van der Waals surface area (Å²) >= 11 is 15.8. The van der Waals surface area contributed by atoms with Crippen molar-refractivity contribution < 1.29 is 9.47 Å². The van der Waals surface area contributed by atoms with Crippen molar-refractivity contribution in [3.8, 4) is 11.5 Å². The molecule has 0 heterocycles. The van der Waals surface area contributed by atoms with Gasteiger partial charge in [-0.1, -0.05) is 39.1 Å². The lowest BCUT2D eigenvalue weighted by Crippen LogP contribution is -2.13. The molecule has 0 saturated carbocycles. The van der Waals surface area contributed by atoms with E-state index in [4.69, 9.17) is 38.4 Å². The standard InChI is InChI=1S/C15H14BrCl2NO2/c1-20-13-6-10(12(18)7-14(13)21-2)15(19)9-5-8(17)3-4-11(9)16/h3-7,15H,19H2,1-2H3. The third-order valence-corrected chi connectivity index (χ3v) is 4.42. The Bertz CT molecular complexity index is 664. The molecule has 2 N–H and O–H groups in total. The number of halogens is 3. The maximum atomic E-state index is 6.33. The van der Waals surface area contributed by atoms with Crippen LogP contribution in [0.25, 0.3) is 0 Å². The molecule has 0 aliphatic rings. The van der Waals surface area contributed by atoms with Crippen LogP contribution in [0.2, 0.25) is 10.0 Å². The number of rotatable bonds is 4. The molecule has 112 valence electrons. The average molecular weight is 391 g/mol. The van der Waals surface area contributed by atoms with Crippen LogP contribution >= 0.6 is 39.1 Å². The molecule has 6 heteroatoms. The SMILES string of the molecule is COc1cc(Cl)c(C(N)c2cc(Cl)ccc2Br)cc1OC. The molecule has 1 atom stereocenters. The molecule has 0 saturated heterocycles. The number of nitrogens with two attached hydrogens (primary N) is 1. The van der Waals surface area contributed by atoms with Crippen molar-refractivity contribution in [2.75, 3.05) is 14.2 Å². The molecule has 2 aromatic rings. The predicted octanol–water partition coefficient (Wildman–Crippen LogP) is 4.82. The van der Waals surface area contributed by atoms with Crippen LogP contribution in [0.3, 0.4) is 0 Å². The molecule has 2 rings (SSSR count). The van der Waals surface area contributed by atoms with Crippen molar-refractivity contribution in [3.63, 3.8) is 0 Å². The van der Waals surface area contributed by atoms with E-state index >= 15 is 0 Å². The largest absolute Gasteiger partial charge is 0.493 e. The molecule has 1 unspecified atom stereocenters. The van der Waals surface area contributed by atoms with Crippen LogP contribution in [-0.4, -0.2) is 14.2 Å². The van der Waals surface area contributed by atoms with E-state index in [-0.39, 0.29) is 0 Å². The van der Waals surface area contributed by atoms with E-state index in [9.17, 15) is 0 Å². The predicted molar refractivity (Wildman–Crippen MR) is 89.7 cm³/mol. The molecular formula is C15H14BrCl2NO2. The summed E-state index contributed by atoms with van der Waals surface area (Å²) in [6.07, 6.45) is 0. The van der Waals surface area contributed by atoms with E-state index < -0.39 is 6.04 Å². The maximum absolute atomic E-state index is 6.33. The highest BCUT2D eigenvalue weighted by molar-refractivity contribution is 9.10. The second-order valence-electron chi connectivity index (χ2n) is 4.37. The fraction of sp³-hybridized carbons (Fsp3) is 0.200. The first-order chi connectivity index (χ1) is 9.97. The highest BCUT2D eigenvalue weighted by atomic mass is 79.9. The lowest BCUT2D eigenvalue weighted by atomic mass is 9.99. The zero-order valence-electron chi connectivity index (χ0n) is 11.5. The fourth-order valence-corrected chi connectivity index (χ4v) is 2.97. The Labute approximate surface area is 142 Å². The number of methoxy groups -OCH3 is 2. The summed E-state index contributed by atoms with van der Waals surface area (Å²) in [7, 11) is 3.12. The van der Waals surface area contributed by atoms with Gasteiger partial charge >= 0.3 is 0 Å². The first-order valence-corrected chi connectivity index (χ1v) is 7.64. The van der Waals surface area contributed by atoms with Crippen molar-refractivity contribution in [1.29, 1.82) is 0 Å². The molecule has 0 bridgehead atoms. The lowest BCUT2D eigenvalue weighted by Gasteiger charge is -2.18. The van der Waals surface area contributed by atoms with E-state index in [1.807, 2.05) is 12.1 Å². The second-order valence-corrected chi connectivity index (χ2v) is 6.07. The Balaban J connectivity index is 2.52. The summed E-state index contributed by atoms with van der Waals surface area (Å²) in [5.74, 6) is 1.13. The first-order valence-electron chi connectivity index (χ1n) is 6.10. The van der Waals surface area contributed by atoms with Crippen molar-refractivity contribution in [2.24, 2.45) is 5.73 Å². The quantitative estimate of drug-likeness (QED) is 0.813. The van der Waals surface area contributed by atoms with Gasteiger partial charge in [0.15, 0.2) is 11.5 Å².